The third kappa shape index (κ3) is 3.90. The summed E-state index contributed by atoms with van der Waals surface area (Å²) in [6.07, 6.45) is 11.8. The van der Waals surface area contributed by atoms with Crippen molar-refractivity contribution in [2.24, 2.45) is 0 Å². The highest BCUT2D eigenvalue weighted by Gasteiger charge is 2.49. The van der Waals surface area contributed by atoms with Crippen LogP contribution in [0.5, 0.6) is 0 Å². The van der Waals surface area contributed by atoms with E-state index in [1.807, 2.05) is 35.2 Å². The molecule has 0 aliphatic carbocycles. The molecule has 2 fully saturated rings. The average Bonchev–Trinajstić information content (AvgIpc) is 3.33. The summed E-state index contributed by atoms with van der Waals surface area (Å²) in [5.74, 6) is 0.506. The highest BCUT2D eigenvalue weighted by Crippen LogP contribution is 2.44. The molecule has 5 rings (SSSR count). The highest BCUT2D eigenvalue weighted by molar-refractivity contribution is 5.69. The van der Waals surface area contributed by atoms with Crippen molar-refractivity contribution >= 4 is 6.09 Å². The van der Waals surface area contributed by atoms with Crippen molar-refractivity contribution in [3.63, 3.8) is 0 Å². The molecule has 1 amide bonds. The van der Waals surface area contributed by atoms with Crippen molar-refractivity contribution in [2.75, 3.05) is 0 Å². The summed E-state index contributed by atoms with van der Waals surface area (Å²) in [6, 6.07) is 9.56. The molecule has 2 saturated heterocycles. The van der Waals surface area contributed by atoms with Gasteiger partial charge in [-0.1, -0.05) is 30.3 Å². The number of hydrogen-bond acceptors (Lipinski definition) is 6. The van der Waals surface area contributed by atoms with Crippen LogP contribution >= 0.6 is 0 Å². The van der Waals surface area contributed by atoms with Crippen molar-refractivity contribution < 1.29 is 14.6 Å². The lowest BCUT2D eigenvalue weighted by molar-refractivity contribution is -0.0899. The second kappa shape index (κ2) is 8.11. The van der Waals surface area contributed by atoms with E-state index in [2.05, 4.69) is 15.0 Å². The van der Waals surface area contributed by atoms with Crippen molar-refractivity contribution in [3.8, 4) is 5.95 Å². The molecule has 0 saturated carbocycles. The van der Waals surface area contributed by atoms with Gasteiger partial charge in [-0.15, -0.1) is 0 Å². The van der Waals surface area contributed by atoms with Gasteiger partial charge in [-0.2, -0.15) is 0 Å². The van der Waals surface area contributed by atoms with E-state index in [9.17, 15) is 9.90 Å². The first kappa shape index (κ1) is 19.7. The number of ether oxygens (including phenoxy) is 1. The summed E-state index contributed by atoms with van der Waals surface area (Å²) in [7, 11) is 0. The maximum absolute atomic E-state index is 12.9. The Bertz CT molecular complexity index is 1010. The molecular formula is C23H25N5O3. The molecule has 2 atom stereocenters. The molecular weight excluding hydrogens is 394 g/mol. The van der Waals surface area contributed by atoms with Crippen molar-refractivity contribution in [2.45, 2.75) is 56.4 Å². The number of fused-ring (bicyclic) bond motifs is 2. The first-order chi connectivity index (χ1) is 15.1. The standard InChI is InChI=1S/C23H25N5O3/c29-22(31-15-17-5-2-1-3-6-17)28-19-7-4-8-20(28)12-23(30,11-19)18-13-25-21(26-14-18)27-10-9-24-16-27/h1-3,5-6,9-10,13-14,16,19-20,30H,4,7-8,11-12,15H2. The summed E-state index contributed by atoms with van der Waals surface area (Å²) in [4.78, 5) is 27.6. The van der Waals surface area contributed by atoms with Gasteiger partial charge in [0, 0.05) is 55.3 Å². The van der Waals surface area contributed by atoms with E-state index < -0.39 is 5.60 Å². The van der Waals surface area contributed by atoms with E-state index in [1.54, 1.807) is 35.7 Å². The molecule has 3 aromatic rings. The van der Waals surface area contributed by atoms with E-state index in [4.69, 9.17) is 4.74 Å². The number of aliphatic hydroxyl groups is 1. The molecule has 2 unspecified atom stereocenters. The van der Waals surface area contributed by atoms with E-state index >= 15 is 0 Å². The monoisotopic (exact) mass is 419 g/mol. The number of piperidine rings is 2. The summed E-state index contributed by atoms with van der Waals surface area (Å²) < 4.78 is 7.32. The smallest absolute Gasteiger partial charge is 0.410 e. The zero-order valence-electron chi connectivity index (χ0n) is 17.2. The first-order valence-electron chi connectivity index (χ1n) is 10.6. The Labute approximate surface area is 180 Å². The predicted molar refractivity (Wildman–Crippen MR) is 112 cm³/mol. The van der Waals surface area contributed by atoms with Gasteiger partial charge >= 0.3 is 6.09 Å². The summed E-state index contributed by atoms with van der Waals surface area (Å²) in [5.41, 5.74) is 0.592. The van der Waals surface area contributed by atoms with Crippen LogP contribution < -0.4 is 0 Å². The average molecular weight is 419 g/mol. The zero-order valence-corrected chi connectivity index (χ0v) is 17.2. The van der Waals surface area contributed by atoms with Gasteiger partial charge < -0.3 is 14.7 Å². The second-order valence-corrected chi connectivity index (χ2v) is 8.37. The number of rotatable bonds is 4. The molecule has 2 aromatic heterocycles. The van der Waals surface area contributed by atoms with E-state index in [1.165, 1.54) is 0 Å². The van der Waals surface area contributed by atoms with E-state index in [0.717, 1.165) is 24.8 Å². The van der Waals surface area contributed by atoms with Gasteiger partial charge in [0.1, 0.15) is 12.9 Å². The molecule has 0 spiro atoms. The molecule has 8 heteroatoms. The number of nitrogens with zero attached hydrogens (tertiary/aromatic N) is 5. The highest BCUT2D eigenvalue weighted by atomic mass is 16.6. The van der Waals surface area contributed by atoms with E-state index in [-0.39, 0.29) is 24.8 Å². The summed E-state index contributed by atoms with van der Waals surface area (Å²) in [6.45, 7) is 0.253. The van der Waals surface area contributed by atoms with Crippen LogP contribution in [0.4, 0.5) is 4.79 Å². The maximum Gasteiger partial charge on any atom is 0.410 e. The third-order valence-electron chi connectivity index (χ3n) is 6.33. The zero-order chi connectivity index (χ0) is 21.3. The number of imidazole rings is 1. The van der Waals surface area contributed by atoms with Crippen LogP contribution in [0.1, 0.15) is 43.2 Å². The lowest BCUT2D eigenvalue weighted by Crippen LogP contribution is -2.59. The minimum absolute atomic E-state index is 0.0610. The fourth-order valence-electron chi connectivity index (χ4n) is 4.83. The molecule has 2 aliphatic rings. The topological polar surface area (TPSA) is 93.4 Å². The normalized spacial score (nSPS) is 25.3. The second-order valence-electron chi connectivity index (χ2n) is 8.37. The number of carbonyl (C=O) groups excluding carboxylic acids is 1. The van der Waals surface area contributed by atoms with Gasteiger partial charge in [0.05, 0.1) is 5.60 Å². The van der Waals surface area contributed by atoms with Gasteiger partial charge in [0.25, 0.3) is 0 Å². The van der Waals surface area contributed by atoms with Crippen LogP contribution in [0.2, 0.25) is 0 Å². The first-order valence-corrected chi connectivity index (χ1v) is 10.6. The molecule has 160 valence electrons. The maximum atomic E-state index is 12.9. The Balaban J connectivity index is 1.30. The lowest BCUT2D eigenvalue weighted by atomic mass is 9.73. The molecule has 2 bridgehead atoms. The van der Waals surface area contributed by atoms with Crippen LogP contribution in [-0.4, -0.2) is 47.7 Å². The van der Waals surface area contributed by atoms with Crippen molar-refractivity contribution in [3.05, 3.63) is 72.6 Å². The fourth-order valence-corrected chi connectivity index (χ4v) is 4.83. The predicted octanol–water partition coefficient (Wildman–Crippen LogP) is 3.20. The Hall–Kier alpha value is -3.26. The Morgan fingerprint density at radius 1 is 1.13 bits per heavy atom. The van der Waals surface area contributed by atoms with Gasteiger partial charge in [0.15, 0.2) is 0 Å². The Morgan fingerprint density at radius 2 is 1.84 bits per heavy atom. The minimum atomic E-state index is -1.06. The lowest BCUT2D eigenvalue weighted by Gasteiger charge is -2.51. The fraction of sp³-hybridized carbons (Fsp3) is 0.391. The third-order valence-corrected chi connectivity index (χ3v) is 6.33. The Kier molecular flexibility index (Phi) is 5.15. The van der Waals surface area contributed by atoms with Gasteiger partial charge in [-0.3, -0.25) is 4.57 Å². The largest absolute Gasteiger partial charge is 0.445 e. The number of amides is 1. The van der Waals surface area contributed by atoms with Crippen LogP contribution in [0.3, 0.4) is 0 Å². The molecule has 2 aliphatic heterocycles. The van der Waals surface area contributed by atoms with E-state index in [0.29, 0.717) is 24.4 Å². The summed E-state index contributed by atoms with van der Waals surface area (Å²) >= 11 is 0. The minimum Gasteiger partial charge on any atom is -0.445 e. The molecule has 1 aromatic carbocycles. The van der Waals surface area contributed by atoms with Crippen molar-refractivity contribution in [1.82, 2.24) is 24.4 Å². The van der Waals surface area contributed by atoms with Crippen LogP contribution in [0, 0.1) is 0 Å². The number of aromatic nitrogens is 4. The summed E-state index contributed by atoms with van der Waals surface area (Å²) in [5, 5.41) is 11.5. The molecule has 4 heterocycles. The Morgan fingerprint density at radius 3 is 2.48 bits per heavy atom. The van der Waals surface area contributed by atoms with Crippen molar-refractivity contribution in [1.29, 1.82) is 0 Å². The van der Waals surface area contributed by atoms with Crippen LogP contribution in [-0.2, 0) is 16.9 Å². The molecule has 0 radical (unpaired) electrons. The molecule has 31 heavy (non-hydrogen) atoms. The molecule has 1 N–H and O–H groups in total. The van der Waals surface area contributed by atoms with Gasteiger partial charge in [0.2, 0.25) is 5.95 Å². The van der Waals surface area contributed by atoms with Gasteiger partial charge in [-0.25, -0.2) is 19.7 Å². The number of benzene rings is 1. The van der Waals surface area contributed by atoms with Crippen LogP contribution in [0.25, 0.3) is 5.95 Å². The molecule has 8 nitrogen and oxygen atoms in total. The van der Waals surface area contributed by atoms with Gasteiger partial charge in [-0.05, 0) is 24.8 Å². The SMILES string of the molecule is O=C(OCc1ccccc1)N1C2CCCC1CC(O)(c1cnc(-n3ccnc3)nc1)C2. The number of carbonyl (C=O) groups is 1. The van der Waals surface area contributed by atoms with Crippen LogP contribution in [0.15, 0.2) is 61.4 Å². The number of hydrogen-bond donors (Lipinski definition) is 1. The quantitative estimate of drug-likeness (QED) is 0.698.